The van der Waals surface area contributed by atoms with Crippen LogP contribution in [0, 0.1) is 0 Å². The fourth-order valence-electron chi connectivity index (χ4n) is 9.75. The Labute approximate surface area is 385 Å². The largest absolute Gasteiger partial charge is 0.310 e. The van der Waals surface area contributed by atoms with E-state index in [-0.39, 0.29) is 0 Å². The van der Waals surface area contributed by atoms with Crippen LogP contribution in [-0.4, -0.2) is 4.57 Å². The second kappa shape index (κ2) is 16.8. The van der Waals surface area contributed by atoms with Crippen molar-refractivity contribution in [2.45, 2.75) is 0 Å². The van der Waals surface area contributed by atoms with Gasteiger partial charge in [0.25, 0.3) is 0 Å². The first kappa shape index (κ1) is 38.9. The van der Waals surface area contributed by atoms with Gasteiger partial charge in [0, 0.05) is 33.3 Å². The van der Waals surface area contributed by atoms with Crippen LogP contribution < -0.4 is 4.90 Å². The molecule has 0 saturated carbocycles. The summed E-state index contributed by atoms with van der Waals surface area (Å²) in [7, 11) is 0. The van der Waals surface area contributed by atoms with E-state index in [2.05, 4.69) is 276 Å². The quantitative estimate of drug-likeness (QED) is 0.141. The van der Waals surface area contributed by atoms with Crippen LogP contribution >= 0.6 is 0 Å². The van der Waals surface area contributed by atoms with E-state index in [1.165, 1.54) is 93.9 Å². The second-order valence-corrected chi connectivity index (χ2v) is 16.9. The Balaban J connectivity index is 0.880. The predicted octanol–water partition coefficient (Wildman–Crippen LogP) is 17.7. The highest BCUT2D eigenvalue weighted by molar-refractivity contribution is 6.09. The molecule has 2 heteroatoms. The highest BCUT2D eigenvalue weighted by atomic mass is 15.1. The molecule has 11 aromatic carbocycles. The highest BCUT2D eigenvalue weighted by Gasteiger charge is 2.19. The van der Waals surface area contributed by atoms with Gasteiger partial charge in [0.1, 0.15) is 0 Å². The lowest BCUT2D eigenvalue weighted by atomic mass is 9.97. The molecular weight excluding hydrogens is 797 g/mol. The Hall–Kier alpha value is -8.72. The van der Waals surface area contributed by atoms with Crippen LogP contribution in [0.5, 0.6) is 0 Å². The molecule has 1 aromatic heterocycles. The van der Waals surface area contributed by atoms with E-state index in [9.17, 15) is 0 Å². The lowest BCUT2D eigenvalue weighted by molar-refractivity contribution is 1.18. The van der Waals surface area contributed by atoms with Gasteiger partial charge in [-0.3, -0.25) is 0 Å². The molecule has 0 bridgehead atoms. The van der Waals surface area contributed by atoms with Gasteiger partial charge in [0.05, 0.1) is 22.4 Å². The number of aromatic nitrogens is 1. The van der Waals surface area contributed by atoms with Crippen molar-refractivity contribution in [3.05, 3.63) is 267 Å². The van der Waals surface area contributed by atoms with Crippen LogP contribution in [-0.2, 0) is 0 Å². The maximum Gasteiger partial charge on any atom is 0.0541 e. The number of anilines is 3. The number of hydrogen-bond donors (Lipinski definition) is 0. The number of hydrogen-bond acceptors (Lipinski definition) is 1. The summed E-state index contributed by atoms with van der Waals surface area (Å²) >= 11 is 0. The van der Waals surface area contributed by atoms with Crippen molar-refractivity contribution in [3.63, 3.8) is 0 Å². The lowest BCUT2D eigenvalue weighted by Gasteiger charge is -2.28. The van der Waals surface area contributed by atoms with E-state index in [0.717, 1.165) is 17.1 Å². The van der Waals surface area contributed by atoms with Crippen molar-refractivity contribution in [3.8, 4) is 61.3 Å². The van der Waals surface area contributed by atoms with E-state index in [1.54, 1.807) is 0 Å². The summed E-state index contributed by atoms with van der Waals surface area (Å²) in [6.45, 7) is 0. The molecule has 0 N–H and O–H groups in total. The van der Waals surface area contributed by atoms with Crippen LogP contribution in [0.2, 0.25) is 0 Å². The predicted molar refractivity (Wildman–Crippen MR) is 280 cm³/mol. The summed E-state index contributed by atoms with van der Waals surface area (Å²) in [6, 6.07) is 96.8. The van der Waals surface area contributed by atoms with Gasteiger partial charge in [-0.2, -0.15) is 0 Å². The third-order valence-corrected chi connectivity index (χ3v) is 13.0. The molecule has 0 radical (unpaired) electrons. The van der Waals surface area contributed by atoms with E-state index >= 15 is 0 Å². The van der Waals surface area contributed by atoms with E-state index < -0.39 is 0 Å². The smallest absolute Gasteiger partial charge is 0.0541 e. The zero-order valence-electron chi connectivity index (χ0n) is 36.3. The van der Waals surface area contributed by atoms with Gasteiger partial charge in [-0.1, -0.05) is 206 Å². The van der Waals surface area contributed by atoms with Crippen molar-refractivity contribution in [2.24, 2.45) is 0 Å². The fourth-order valence-corrected chi connectivity index (χ4v) is 9.75. The molecule has 0 aliphatic heterocycles. The molecule has 2 nitrogen and oxygen atoms in total. The van der Waals surface area contributed by atoms with Crippen LogP contribution in [0.4, 0.5) is 17.1 Å². The van der Waals surface area contributed by atoms with Gasteiger partial charge in [-0.05, 0) is 116 Å². The SMILES string of the molecule is c1ccc(-c2ccccc2N(c2ccc(-c3ccc(-c4ccccc4-n4c5ccccc5c5ccccc54)cc3)cc2)c2ccc(-c3cccc(-c4ccc5ccccc5c4)c3)cc2)cc1. The summed E-state index contributed by atoms with van der Waals surface area (Å²) in [5.74, 6) is 0. The van der Waals surface area contributed by atoms with Gasteiger partial charge in [0.2, 0.25) is 0 Å². The molecule has 0 spiro atoms. The average Bonchev–Trinajstić information content (AvgIpc) is 3.74. The monoisotopic (exact) mass is 840 g/mol. The third-order valence-electron chi connectivity index (χ3n) is 13.0. The number of nitrogens with zero attached hydrogens (tertiary/aromatic N) is 2. The zero-order valence-corrected chi connectivity index (χ0v) is 36.3. The lowest BCUT2D eigenvalue weighted by Crippen LogP contribution is -2.11. The van der Waals surface area contributed by atoms with Crippen LogP contribution in [0.3, 0.4) is 0 Å². The first-order valence-corrected chi connectivity index (χ1v) is 22.7. The minimum Gasteiger partial charge on any atom is -0.310 e. The summed E-state index contributed by atoms with van der Waals surface area (Å²) in [5, 5.41) is 5.03. The van der Waals surface area contributed by atoms with E-state index in [1.807, 2.05) is 0 Å². The molecule has 12 aromatic rings. The molecule has 0 saturated heterocycles. The molecule has 310 valence electrons. The Bertz CT molecular complexity index is 3620. The van der Waals surface area contributed by atoms with Crippen LogP contribution in [0.15, 0.2) is 267 Å². The minimum absolute atomic E-state index is 1.09. The Morgan fingerprint density at radius 2 is 0.697 bits per heavy atom. The van der Waals surface area contributed by atoms with Crippen LogP contribution in [0.1, 0.15) is 0 Å². The van der Waals surface area contributed by atoms with E-state index in [4.69, 9.17) is 0 Å². The Morgan fingerprint density at radius 3 is 1.38 bits per heavy atom. The van der Waals surface area contributed by atoms with Gasteiger partial charge >= 0.3 is 0 Å². The summed E-state index contributed by atoms with van der Waals surface area (Å²) in [6.07, 6.45) is 0. The topological polar surface area (TPSA) is 8.17 Å². The summed E-state index contributed by atoms with van der Waals surface area (Å²) in [4.78, 5) is 2.38. The van der Waals surface area contributed by atoms with E-state index in [0.29, 0.717) is 0 Å². The third kappa shape index (κ3) is 7.12. The molecule has 0 unspecified atom stereocenters. The van der Waals surface area contributed by atoms with Gasteiger partial charge in [-0.25, -0.2) is 0 Å². The Morgan fingerprint density at radius 1 is 0.258 bits per heavy atom. The van der Waals surface area contributed by atoms with Crippen LogP contribution in [0.25, 0.3) is 93.9 Å². The van der Waals surface area contributed by atoms with Crippen molar-refractivity contribution in [2.75, 3.05) is 4.90 Å². The van der Waals surface area contributed by atoms with Crippen molar-refractivity contribution in [1.29, 1.82) is 0 Å². The molecular formula is C64H44N2. The van der Waals surface area contributed by atoms with Gasteiger partial charge < -0.3 is 9.47 Å². The normalized spacial score (nSPS) is 11.3. The molecule has 12 rings (SSSR count). The molecule has 0 atom stereocenters. The maximum absolute atomic E-state index is 2.41. The van der Waals surface area contributed by atoms with Crippen molar-refractivity contribution < 1.29 is 0 Å². The number of fused-ring (bicyclic) bond motifs is 4. The number of para-hydroxylation sites is 4. The van der Waals surface area contributed by atoms with Gasteiger partial charge in [0.15, 0.2) is 0 Å². The molecule has 0 amide bonds. The van der Waals surface area contributed by atoms with Crippen molar-refractivity contribution >= 4 is 49.6 Å². The molecule has 66 heavy (non-hydrogen) atoms. The first-order chi connectivity index (χ1) is 32.7. The van der Waals surface area contributed by atoms with Gasteiger partial charge in [-0.15, -0.1) is 0 Å². The highest BCUT2D eigenvalue weighted by Crippen LogP contribution is 2.43. The fraction of sp³-hybridized carbons (Fsp3) is 0. The second-order valence-electron chi connectivity index (χ2n) is 16.9. The summed E-state index contributed by atoms with van der Waals surface area (Å²) in [5.41, 5.74) is 18.7. The molecule has 0 aliphatic rings. The maximum atomic E-state index is 2.41. The minimum atomic E-state index is 1.09. The number of rotatable bonds is 9. The summed E-state index contributed by atoms with van der Waals surface area (Å²) < 4.78 is 2.41. The molecule has 0 aliphatic carbocycles. The Kier molecular flexibility index (Phi) is 9.89. The first-order valence-electron chi connectivity index (χ1n) is 22.7. The average molecular weight is 841 g/mol. The standard InChI is InChI=1S/C64H44N2/c1-2-16-49(17-3-1)57-21-6-10-25-61(57)65(56-41-37-48(38-42-56)52-19-14-20-53(43-52)54-34-31-45-15-4-5-18-51(45)44-54)55-39-35-47(36-40-55)46-29-32-50(33-30-46)58-22-7-11-26-62(58)66-63-27-12-8-23-59(63)60-24-9-13-28-64(60)66/h1-44H. The van der Waals surface area contributed by atoms with Crippen molar-refractivity contribution in [1.82, 2.24) is 4.57 Å². The molecule has 1 heterocycles. The zero-order chi connectivity index (χ0) is 43.8. The number of benzene rings is 11. The molecule has 0 fully saturated rings.